The number of nitrogens with one attached hydrogen (secondary N) is 2. The average Bonchev–Trinajstić information content (AvgIpc) is 2.67. The Morgan fingerprint density at radius 3 is 2.57 bits per heavy atom. The van der Waals surface area contributed by atoms with Crippen molar-refractivity contribution in [1.29, 1.82) is 0 Å². The predicted molar refractivity (Wildman–Crippen MR) is 118 cm³/mol. The summed E-state index contributed by atoms with van der Waals surface area (Å²) in [4.78, 5) is 29.1. The van der Waals surface area contributed by atoms with Gasteiger partial charge in [-0.1, -0.05) is 6.92 Å². The van der Waals surface area contributed by atoms with Crippen molar-refractivity contribution >= 4 is 17.6 Å². The van der Waals surface area contributed by atoms with Gasteiger partial charge >= 0.3 is 6.03 Å². The van der Waals surface area contributed by atoms with Gasteiger partial charge in [-0.25, -0.2) is 4.79 Å². The van der Waals surface area contributed by atoms with Crippen LogP contribution in [0.15, 0.2) is 18.2 Å². The van der Waals surface area contributed by atoms with Gasteiger partial charge in [0.15, 0.2) is 0 Å². The molecule has 0 aliphatic carbocycles. The Bertz CT molecular complexity index is 740. The fourth-order valence-corrected chi connectivity index (χ4v) is 3.46. The molecule has 1 aliphatic rings. The maximum absolute atomic E-state index is 13.1. The lowest BCUT2D eigenvalue weighted by Crippen LogP contribution is -2.45. The SMILES string of the molecule is CO[C@H]1CN(C)C(=O)c2ccc(NC(=O)NC(C)C)cc2OC[C@H](C)N(C)C[C@H]1C. The Morgan fingerprint density at radius 1 is 1.23 bits per heavy atom. The van der Waals surface area contributed by atoms with Gasteiger partial charge in [-0.2, -0.15) is 0 Å². The van der Waals surface area contributed by atoms with Crippen molar-refractivity contribution in [2.75, 3.05) is 46.2 Å². The molecule has 1 aromatic carbocycles. The average molecular weight is 421 g/mol. The minimum atomic E-state index is -0.299. The molecular formula is C22H36N4O4. The van der Waals surface area contributed by atoms with Crippen LogP contribution in [0.4, 0.5) is 10.5 Å². The zero-order valence-corrected chi connectivity index (χ0v) is 19.2. The van der Waals surface area contributed by atoms with Crippen molar-refractivity contribution in [1.82, 2.24) is 15.1 Å². The molecule has 0 spiro atoms. The molecule has 1 aromatic rings. The summed E-state index contributed by atoms with van der Waals surface area (Å²) in [5.74, 6) is 0.568. The number of likely N-dealkylation sites (N-methyl/N-ethyl adjacent to an activating group) is 2. The molecule has 3 atom stereocenters. The molecule has 3 amide bonds. The van der Waals surface area contributed by atoms with E-state index in [-0.39, 0.29) is 36.0 Å². The summed E-state index contributed by atoms with van der Waals surface area (Å²) >= 11 is 0. The van der Waals surface area contributed by atoms with E-state index < -0.39 is 0 Å². The standard InChI is InChI=1S/C22H36N4O4/c1-14(2)23-22(28)24-17-8-9-18-19(10-17)30-13-16(4)25(5)11-15(3)20(29-7)12-26(6)21(18)27/h8-10,14-16,20H,11-13H2,1-7H3,(H2,23,24,28)/t15-,16+,20+/m1/s1. The first-order chi connectivity index (χ1) is 14.1. The van der Waals surface area contributed by atoms with Crippen LogP contribution < -0.4 is 15.4 Å². The van der Waals surface area contributed by atoms with Crippen LogP contribution in [0, 0.1) is 5.92 Å². The molecule has 0 unspecified atom stereocenters. The molecular weight excluding hydrogens is 384 g/mol. The molecule has 0 saturated heterocycles. The Kier molecular flexibility index (Phi) is 8.49. The molecule has 0 radical (unpaired) electrons. The minimum Gasteiger partial charge on any atom is -0.491 e. The number of hydrogen-bond acceptors (Lipinski definition) is 5. The van der Waals surface area contributed by atoms with Gasteiger partial charge in [-0.05, 0) is 45.9 Å². The normalized spacial score (nSPS) is 23.8. The second kappa shape index (κ2) is 10.6. The molecule has 8 nitrogen and oxygen atoms in total. The molecule has 0 saturated carbocycles. The smallest absolute Gasteiger partial charge is 0.319 e. The number of carbonyl (C=O) groups is 2. The van der Waals surface area contributed by atoms with Crippen molar-refractivity contribution in [2.24, 2.45) is 5.92 Å². The fourth-order valence-electron chi connectivity index (χ4n) is 3.46. The Morgan fingerprint density at radius 2 is 1.93 bits per heavy atom. The number of benzene rings is 1. The van der Waals surface area contributed by atoms with Crippen molar-refractivity contribution in [3.63, 3.8) is 0 Å². The Hall–Kier alpha value is -2.32. The Labute approximate surface area is 179 Å². The summed E-state index contributed by atoms with van der Waals surface area (Å²) in [6, 6.07) is 4.98. The predicted octanol–water partition coefficient (Wildman–Crippen LogP) is 2.65. The van der Waals surface area contributed by atoms with Crippen LogP contribution in [0.1, 0.15) is 38.1 Å². The van der Waals surface area contributed by atoms with E-state index in [1.807, 2.05) is 13.8 Å². The van der Waals surface area contributed by atoms with Crippen LogP contribution >= 0.6 is 0 Å². The van der Waals surface area contributed by atoms with E-state index >= 15 is 0 Å². The monoisotopic (exact) mass is 420 g/mol. The van der Waals surface area contributed by atoms with Crippen molar-refractivity contribution in [3.05, 3.63) is 23.8 Å². The highest BCUT2D eigenvalue weighted by atomic mass is 16.5. The zero-order chi connectivity index (χ0) is 22.4. The number of fused-ring (bicyclic) bond motifs is 1. The van der Waals surface area contributed by atoms with Crippen LogP contribution in [-0.2, 0) is 4.74 Å². The molecule has 1 aliphatic heterocycles. The second-order valence-corrected chi connectivity index (χ2v) is 8.50. The fraction of sp³-hybridized carbons (Fsp3) is 0.636. The van der Waals surface area contributed by atoms with Gasteiger partial charge in [0.2, 0.25) is 0 Å². The highest BCUT2D eigenvalue weighted by Crippen LogP contribution is 2.26. The summed E-state index contributed by atoms with van der Waals surface area (Å²) in [7, 11) is 5.52. The number of rotatable bonds is 3. The molecule has 2 rings (SSSR count). The van der Waals surface area contributed by atoms with Crippen LogP contribution in [0.3, 0.4) is 0 Å². The summed E-state index contributed by atoms with van der Waals surface area (Å²) in [6.45, 7) is 9.74. The number of carbonyl (C=O) groups excluding carboxylic acids is 2. The van der Waals surface area contributed by atoms with E-state index in [1.54, 1.807) is 37.3 Å². The van der Waals surface area contributed by atoms with Gasteiger partial charge in [0, 0.05) is 51.1 Å². The minimum absolute atomic E-state index is 0.0215. The van der Waals surface area contributed by atoms with Crippen LogP contribution in [0.25, 0.3) is 0 Å². The lowest BCUT2D eigenvalue weighted by molar-refractivity contribution is 0.0150. The first-order valence-electron chi connectivity index (χ1n) is 10.4. The van der Waals surface area contributed by atoms with Crippen molar-refractivity contribution in [2.45, 2.75) is 45.9 Å². The maximum Gasteiger partial charge on any atom is 0.319 e. The number of anilines is 1. The van der Waals surface area contributed by atoms with E-state index in [9.17, 15) is 9.59 Å². The topological polar surface area (TPSA) is 83.1 Å². The first-order valence-corrected chi connectivity index (χ1v) is 10.4. The van der Waals surface area contributed by atoms with E-state index in [4.69, 9.17) is 9.47 Å². The van der Waals surface area contributed by atoms with Crippen molar-refractivity contribution < 1.29 is 19.1 Å². The molecule has 0 fully saturated rings. The largest absolute Gasteiger partial charge is 0.491 e. The molecule has 1 heterocycles. The number of ether oxygens (including phenoxy) is 2. The molecule has 8 heteroatoms. The lowest BCUT2D eigenvalue weighted by Gasteiger charge is -2.34. The molecule has 0 bridgehead atoms. The third kappa shape index (κ3) is 6.34. The van der Waals surface area contributed by atoms with E-state index in [2.05, 4.69) is 36.4 Å². The van der Waals surface area contributed by atoms with Gasteiger partial charge in [-0.3, -0.25) is 9.69 Å². The van der Waals surface area contributed by atoms with E-state index in [1.165, 1.54) is 0 Å². The van der Waals surface area contributed by atoms with Gasteiger partial charge in [0.25, 0.3) is 5.91 Å². The highest BCUT2D eigenvalue weighted by Gasteiger charge is 2.27. The number of amides is 3. The lowest BCUT2D eigenvalue weighted by atomic mass is 10.0. The number of urea groups is 1. The third-order valence-corrected chi connectivity index (χ3v) is 5.44. The van der Waals surface area contributed by atoms with Crippen LogP contribution in [0.5, 0.6) is 5.75 Å². The van der Waals surface area contributed by atoms with E-state index in [0.29, 0.717) is 30.2 Å². The number of hydrogen-bond donors (Lipinski definition) is 2. The Balaban J connectivity index is 2.34. The molecule has 2 N–H and O–H groups in total. The van der Waals surface area contributed by atoms with E-state index in [0.717, 1.165) is 6.54 Å². The zero-order valence-electron chi connectivity index (χ0n) is 19.2. The first kappa shape index (κ1) is 24.0. The van der Waals surface area contributed by atoms with Gasteiger partial charge in [0.1, 0.15) is 12.4 Å². The maximum atomic E-state index is 13.1. The number of methoxy groups -OCH3 is 1. The number of nitrogens with zero attached hydrogens (tertiary/aromatic N) is 2. The molecule has 0 aromatic heterocycles. The third-order valence-electron chi connectivity index (χ3n) is 5.44. The van der Waals surface area contributed by atoms with Gasteiger partial charge < -0.3 is 25.0 Å². The summed E-state index contributed by atoms with van der Waals surface area (Å²) in [5, 5.41) is 5.58. The molecule has 168 valence electrons. The molecule has 30 heavy (non-hydrogen) atoms. The second-order valence-electron chi connectivity index (χ2n) is 8.50. The summed E-state index contributed by atoms with van der Waals surface area (Å²) < 4.78 is 11.7. The van der Waals surface area contributed by atoms with Gasteiger partial charge in [0.05, 0.1) is 11.7 Å². The van der Waals surface area contributed by atoms with Crippen molar-refractivity contribution in [3.8, 4) is 5.75 Å². The van der Waals surface area contributed by atoms with Crippen LogP contribution in [0.2, 0.25) is 0 Å². The summed E-state index contributed by atoms with van der Waals surface area (Å²) in [6.07, 6.45) is -0.0712. The van der Waals surface area contributed by atoms with Gasteiger partial charge in [-0.15, -0.1) is 0 Å². The summed E-state index contributed by atoms with van der Waals surface area (Å²) in [5.41, 5.74) is 1.03. The quantitative estimate of drug-likeness (QED) is 0.786. The highest BCUT2D eigenvalue weighted by molar-refractivity contribution is 5.98. The van der Waals surface area contributed by atoms with Crippen LogP contribution in [-0.4, -0.2) is 80.8 Å².